The minimum Gasteiger partial charge on any atom is -0.396 e. The van der Waals surface area contributed by atoms with Gasteiger partial charge < -0.3 is 15.3 Å². The molecule has 94 valence electrons. The maximum absolute atomic E-state index is 9.10. The van der Waals surface area contributed by atoms with Crippen molar-refractivity contribution in [2.24, 2.45) is 5.41 Å². The van der Waals surface area contributed by atoms with Gasteiger partial charge in [-0.1, -0.05) is 6.42 Å². The molecule has 0 aromatic rings. The fraction of sp³-hybridized carbons (Fsp3) is 1.00. The molecule has 1 saturated carbocycles. The van der Waals surface area contributed by atoms with Crippen molar-refractivity contribution in [3.63, 3.8) is 0 Å². The van der Waals surface area contributed by atoms with Crippen molar-refractivity contribution >= 4 is 0 Å². The first-order valence-electron chi connectivity index (χ1n) is 6.77. The summed E-state index contributed by atoms with van der Waals surface area (Å²) in [6, 6.07) is 0.715. The van der Waals surface area contributed by atoms with Crippen LogP contribution >= 0.6 is 0 Å². The van der Waals surface area contributed by atoms with E-state index in [4.69, 9.17) is 5.11 Å². The number of hydrogen-bond donors (Lipinski definition) is 2. The lowest BCUT2D eigenvalue weighted by Crippen LogP contribution is -2.47. The normalized spacial score (nSPS) is 26.6. The summed E-state index contributed by atoms with van der Waals surface area (Å²) in [7, 11) is 2.20. The summed E-state index contributed by atoms with van der Waals surface area (Å²) in [5, 5.41) is 12.8. The first kappa shape index (κ1) is 12.3. The molecule has 1 heterocycles. The lowest BCUT2D eigenvalue weighted by atomic mass is 9.66. The Morgan fingerprint density at radius 3 is 2.50 bits per heavy atom. The Bertz CT molecular complexity index is 208. The zero-order valence-electron chi connectivity index (χ0n) is 10.5. The standard InChI is InChI=1S/C13H26N2O/c1-15-8-3-12(4-9-15)14-11-13(7-10-16)5-2-6-13/h12,14,16H,2-11H2,1H3. The van der Waals surface area contributed by atoms with Crippen LogP contribution in [0.25, 0.3) is 0 Å². The molecular formula is C13H26N2O. The van der Waals surface area contributed by atoms with E-state index >= 15 is 0 Å². The third kappa shape index (κ3) is 2.96. The number of aliphatic hydroxyl groups excluding tert-OH is 1. The molecule has 0 amide bonds. The van der Waals surface area contributed by atoms with Crippen LogP contribution in [-0.2, 0) is 0 Å². The minimum absolute atomic E-state index is 0.356. The van der Waals surface area contributed by atoms with Crippen LogP contribution in [-0.4, -0.2) is 49.3 Å². The molecule has 0 atom stereocenters. The van der Waals surface area contributed by atoms with Crippen LogP contribution in [0, 0.1) is 5.41 Å². The lowest BCUT2D eigenvalue weighted by molar-refractivity contribution is 0.0785. The van der Waals surface area contributed by atoms with Crippen LogP contribution < -0.4 is 5.32 Å². The molecule has 3 heteroatoms. The molecule has 1 aliphatic heterocycles. The van der Waals surface area contributed by atoms with Gasteiger partial charge in [-0.25, -0.2) is 0 Å². The molecule has 0 unspecified atom stereocenters. The molecule has 3 nitrogen and oxygen atoms in total. The van der Waals surface area contributed by atoms with Gasteiger partial charge in [0.25, 0.3) is 0 Å². The molecule has 2 fully saturated rings. The molecule has 0 bridgehead atoms. The molecule has 2 aliphatic rings. The van der Waals surface area contributed by atoms with Gasteiger partial charge in [-0.05, 0) is 57.7 Å². The van der Waals surface area contributed by atoms with Crippen LogP contribution in [0.5, 0.6) is 0 Å². The summed E-state index contributed by atoms with van der Waals surface area (Å²) in [4.78, 5) is 2.41. The van der Waals surface area contributed by atoms with Crippen LogP contribution in [0.2, 0.25) is 0 Å². The number of piperidine rings is 1. The van der Waals surface area contributed by atoms with E-state index in [1.54, 1.807) is 0 Å². The average molecular weight is 226 g/mol. The highest BCUT2D eigenvalue weighted by Gasteiger charge is 2.36. The van der Waals surface area contributed by atoms with Crippen molar-refractivity contribution in [2.75, 3.05) is 33.3 Å². The molecule has 2 N–H and O–H groups in total. The summed E-state index contributed by atoms with van der Waals surface area (Å²) >= 11 is 0. The second kappa shape index (κ2) is 5.48. The van der Waals surface area contributed by atoms with Gasteiger partial charge in [0.15, 0.2) is 0 Å². The Hall–Kier alpha value is -0.120. The fourth-order valence-electron chi connectivity index (χ4n) is 3.00. The first-order chi connectivity index (χ1) is 7.74. The third-order valence-electron chi connectivity index (χ3n) is 4.54. The predicted octanol–water partition coefficient (Wildman–Crippen LogP) is 1.22. The SMILES string of the molecule is CN1CCC(NCC2(CCO)CCC2)CC1. The van der Waals surface area contributed by atoms with Gasteiger partial charge in [0.05, 0.1) is 0 Å². The molecular weight excluding hydrogens is 200 g/mol. The van der Waals surface area contributed by atoms with Crippen molar-refractivity contribution in [3.05, 3.63) is 0 Å². The van der Waals surface area contributed by atoms with Crippen molar-refractivity contribution in [2.45, 2.75) is 44.6 Å². The van der Waals surface area contributed by atoms with Crippen LogP contribution in [0.4, 0.5) is 0 Å². The molecule has 1 aliphatic carbocycles. The molecule has 1 saturated heterocycles. The van der Waals surface area contributed by atoms with Gasteiger partial charge in [0, 0.05) is 19.2 Å². The summed E-state index contributed by atoms with van der Waals surface area (Å²) in [6.07, 6.45) is 7.54. The third-order valence-corrected chi connectivity index (χ3v) is 4.54. The highest BCUT2D eigenvalue weighted by Crippen LogP contribution is 2.43. The second-order valence-electron chi connectivity index (χ2n) is 5.79. The topological polar surface area (TPSA) is 35.5 Å². The Morgan fingerprint density at radius 1 is 1.31 bits per heavy atom. The smallest absolute Gasteiger partial charge is 0.0436 e. The maximum atomic E-state index is 9.10. The van der Waals surface area contributed by atoms with Gasteiger partial charge in [-0.15, -0.1) is 0 Å². The van der Waals surface area contributed by atoms with Crippen LogP contribution in [0.1, 0.15) is 38.5 Å². The molecule has 2 rings (SSSR count). The average Bonchev–Trinajstić information content (AvgIpc) is 2.24. The highest BCUT2D eigenvalue weighted by molar-refractivity contribution is 4.90. The van der Waals surface area contributed by atoms with Crippen molar-refractivity contribution in [3.8, 4) is 0 Å². The molecule has 0 aromatic carbocycles. The summed E-state index contributed by atoms with van der Waals surface area (Å²) < 4.78 is 0. The molecule has 0 spiro atoms. The summed E-state index contributed by atoms with van der Waals surface area (Å²) in [5.41, 5.74) is 0.443. The summed E-state index contributed by atoms with van der Waals surface area (Å²) in [5.74, 6) is 0. The number of aliphatic hydroxyl groups is 1. The quantitative estimate of drug-likeness (QED) is 0.740. The van der Waals surface area contributed by atoms with E-state index in [0.29, 0.717) is 18.1 Å². The first-order valence-corrected chi connectivity index (χ1v) is 6.77. The number of rotatable bonds is 5. The van der Waals surface area contributed by atoms with Crippen molar-refractivity contribution in [1.29, 1.82) is 0 Å². The number of nitrogens with one attached hydrogen (secondary N) is 1. The lowest BCUT2D eigenvalue weighted by Gasteiger charge is -2.43. The van der Waals surface area contributed by atoms with Gasteiger partial charge in [0.1, 0.15) is 0 Å². The second-order valence-corrected chi connectivity index (χ2v) is 5.79. The zero-order chi connectivity index (χ0) is 11.4. The molecule has 0 radical (unpaired) electrons. The Balaban J connectivity index is 1.70. The molecule has 0 aromatic heterocycles. The van der Waals surface area contributed by atoms with Crippen LogP contribution in [0.15, 0.2) is 0 Å². The van der Waals surface area contributed by atoms with Crippen LogP contribution in [0.3, 0.4) is 0 Å². The van der Waals surface area contributed by atoms with E-state index < -0.39 is 0 Å². The van der Waals surface area contributed by atoms with Gasteiger partial charge in [-0.2, -0.15) is 0 Å². The number of hydrogen-bond acceptors (Lipinski definition) is 3. The van der Waals surface area contributed by atoms with E-state index in [2.05, 4.69) is 17.3 Å². The Kier molecular flexibility index (Phi) is 4.22. The van der Waals surface area contributed by atoms with E-state index in [0.717, 1.165) is 13.0 Å². The van der Waals surface area contributed by atoms with E-state index in [1.807, 2.05) is 0 Å². The largest absolute Gasteiger partial charge is 0.396 e. The predicted molar refractivity (Wildman–Crippen MR) is 66.5 cm³/mol. The Morgan fingerprint density at radius 2 is 2.00 bits per heavy atom. The van der Waals surface area contributed by atoms with E-state index in [9.17, 15) is 0 Å². The maximum Gasteiger partial charge on any atom is 0.0436 e. The zero-order valence-corrected chi connectivity index (χ0v) is 10.5. The minimum atomic E-state index is 0.356. The highest BCUT2D eigenvalue weighted by atomic mass is 16.3. The van der Waals surface area contributed by atoms with Crippen molar-refractivity contribution in [1.82, 2.24) is 10.2 Å². The van der Waals surface area contributed by atoms with Gasteiger partial charge in [0.2, 0.25) is 0 Å². The van der Waals surface area contributed by atoms with Gasteiger partial charge in [-0.3, -0.25) is 0 Å². The van der Waals surface area contributed by atoms with Crippen molar-refractivity contribution < 1.29 is 5.11 Å². The Labute approximate surface area is 99.2 Å². The van der Waals surface area contributed by atoms with E-state index in [1.165, 1.54) is 45.2 Å². The van der Waals surface area contributed by atoms with Gasteiger partial charge >= 0.3 is 0 Å². The summed E-state index contributed by atoms with van der Waals surface area (Å²) in [6.45, 7) is 3.94. The fourth-order valence-corrected chi connectivity index (χ4v) is 3.00. The molecule has 16 heavy (non-hydrogen) atoms. The monoisotopic (exact) mass is 226 g/mol. The number of nitrogens with zero attached hydrogens (tertiary/aromatic N) is 1. The van der Waals surface area contributed by atoms with E-state index in [-0.39, 0.29) is 0 Å². The number of likely N-dealkylation sites (tertiary alicyclic amines) is 1.